The van der Waals surface area contributed by atoms with E-state index in [4.69, 9.17) is 4.74 Å². The molecule has 2 aromatic rings. The number of likely N-dealkylation sites (tertiary alicyclic amines) is 1. The highest BCUT2D eigenvalue weighted by atomic mass is 16.5. The molecule has 3 aliphatic heterocycles. The summed E-state index contributed by atoms with van der Waals surface area (Å²) in [6, 6.07) is 6.81. The zero-order valence-electron chi connectivity index (χ0n) is 19.4. The molecule has 0 unspecified atom stereocenters. The summed E-state index contributed by atoms with van der Waals surface area (Å²) in [6.07, 6.45) is 6.29. The lowest BCUT2D eigenvalue weighted by Crippen LogP contribution is -2.51. The van der Waals surface area contributed by atoms with Crippen molar-refractivity contribution in [3.05, 3.63) is 42.1 Å². The molecule has 33 heavy (non-hydrogen) atoms. The van der Waals surface area contributed by atoms with Crippen LogP contribution in [0.5, 0.6) is 0 Å². The monoisotopic (exact) mass is 447 g/mol. The smallest absolute Gasteiger partial charge is 0.235 e. The summed E-state index contributed by atoms with van der Waals surface area (Å²) in [5, 5.41) is 0.961. The first-order chi connectivity index (χ1) is 15.8. The molecule has 2 amide bonds. The number of pyridine rings is 1. The molecule has 3 aliphatic rings. The van der Waals surface area contributed by atoms with Crippen molar-refractivity contribution in [2.45, 2.75) is 39.3 Å². The van der Waals surface area contributed by atoms with Crippen LogP contribution in [0.4, 0.5) is 5.69 Å². The van der Waals surface area contributed by atoms with Gasteiger partial charge in [0.2, 0.25) is 11.8 Å². The molecule has 1 aromatic heterocycles. The van der Waals surface area contributed by atoms with Gasteiger partial charge in [-0.15, -0.1) is 0 Å². The molecule has 4 atom stereocenters. The van der Waals surface area contributed by atoms with Crippen LogP contribution in [0.2, 0.25) is 0 Å². The van der Waals surface area contributed by atoms with E-state index >= 15 is 0 Å². The van der Waals surface area contributed by atoms with E-state index in [0.29, 0.717) is 19.6 Å². The highest BCUT2D eigenvalue weighted by Gasteiger charge is 2.64. The number of methoxy groups -OCH3 is 1. The minimum absolute atomic E-state index is 0.0333. The number of Topliss-reactive ketones (excluding diaryl/α,β-unsaturated/α-hetero) is 1. The SMILES string of the molecule is COCCCN1C(=O)[C@@H]2[C@H](C1=O)[C@H]1C=Cc3ccc4cccnc4c3N1[C@H]2C(=O)C(C)(C)C. The topological polar surface area (TPSA) is 79.8 Å². The second-order valence-corrected chi connectivity index (χ2v) is 10.1. The minimum atomic E-state index is -0.722. The number of nitrogens with zero attached hydrogens (tertiary/aromatic N) is 3. The van der Waals surface area contributed by atoms with Gasteiger partial charge in [0.05, 0.1) is 29.1 Å². The Bertz CT molecular complexity index is 1180. The summed E-state index contributed by atoms with van der Waals surface area (Å²) >= 11 is 0. The zero-order chi connectivity index (χ0) is 23.5. The summed E-state index contributed by atoms with van der Waals surface area (Å²) in [6.45, 7) is 6.40. The van der Waals surface area contributed by atoms with Crippen LogP contribution in [-0.4, -0.2) is 59.8 Å². The van der Waals surface area contributed by atoms with Crippen molar-refractivity contribution in [2.75, 3.05) is 25.2 Å². The average Bonchev–Trinajstić information content (AvgIpc) is 3.26. The van der Waals surface area contributed by atoms with Crippen molar-refractivity contribution < 1.29 is 19.1 Å². The molecule has 7 nitrogen and oxygen atoms in total. The van der Waals surface area contributed by atoms with Crippen LogP contribution in [0.3, 0.4) is 0 Å². The molecule has 0 saturated carbocycles. The van der Waals surface area contributed by atoms with Gasteiger partial charge in [-0.1, -0.05) is 51.1 Å². The van der Waals surface area contributed by atoms with Crippen LogP contribution in [0, 0.1) is 17.3 Å². The van der Waals surface area contributed by atoms with E-state index in [9.17, 15) is 14.4 Å². The maximum Gasteiger partial charge on any atom is 0.235 e. The second kappa shape index (κ2) is 7.76. The fourth-order valence-electron chi connectivity index (χ4n) is 5.57. The molecule has 5 rings (SSSR count). The van der Waals surface area contributed by atoms with Crippen LogP contribution in [0.25, 0.3) is 17.0 Å². The Morgan fingerprint density at radius 1 is 1.12 bits per heavy atom. The molecular formula is C26H29N3O4. The number of anilines is 1. The van der Waals surface area contributed by atoms with Crippen molar-refractivity contribution in [1.29, 1.82) is 0 Å². The van der Waals surface area contributed by atoms with Crippen molar-refractivity contribution >= 4 is 40.3 Å². The van der Waals surface area contributed by atoms with Gasteiger partial charge in [-0.2, -0.15) is 0 Å². The maximum atomic E-state index is 13.8. The lowest BCUT2D eigenvalue weighted by Gasteiger charge is -2.39. The van der Waals surface area contributed by atoms with Crippen molar-refractivity contribution in [2.24, 2.45) is 17.3 Å². The number of benzene rings is 1. The Morgan fingerprint density at radius 3 is 2.61 bits per heavy atom. The molecule has 0 bridgehead atoms. The third-order valence-electron chi connectivity index (χ3n) is 7.07. The van der Waals surface area contributed by atoms with E-state index in [0.717, 1.165) is 22.2 Å². The molecule has 0 aliphatic carbocycles. The van der Waals surface area contributed by atoms with Crippen LogP contribution in [0.1, 0.15) is 32.8 Å². The number of amides is 2. The number of rotatable bonds is 5. The summed E-state index contributed by atoms with van der Waals surface area (Å²) < 4.78 is 5.11. The Balaban J connectivity index is 1.66. The Hall–Kier alpha value is -3.06. The van der Waals surface area contributed by atoms with Gasteiger partial charge in [0.15, 0.2) is 5.78 Å². The highest BCUT2D eigenvalue weighted by molar-refractivity contribution is 6.13. The minimum Gasteiger partial charge on any atom is -0.385 e. The number of ketones is 1. The Morgan fingerprint density at radius 2 is 1.88 bits per heavy atom. The third-order valence-corrected chi connectivity index (χ3v) is 7.07. The van der Waals surface area contributed by atoms with Crippen LogP contribution in [0.15, 0.2) is 36.5 Å². The van der Waals surface area contributed by atoms with E-state index in [2.05, 4.69) is 4.98 Å². The molecule has 1 aromatic carbocycles. The first-order valence-corrected chi connectivity index (χ1v) is 11.5. The standard InChI is InChI=1S/C26H29N3O4/c1-26(2,3)23(30)22-19-18(24(31)28(25(19)32)13-6-14-33-4)17-11-10-16-9-8-15-7-5-12-27-20(15)21(16)29(17)22/h5,7-12,17-19,22H,6,13-14H2,1-4H3/t17-,18-,19-,22-/m1/s1. The molecular weight excluding hydrogens is 418 g/mol. The van der Waals surface area contributed by atoms with Gasteiger partial charge >= 0.3 is 0 Å². The molecule has 2 fully saturated rings. The fourth-order valence-corrected chi connectivity index (χ4v) is 5.57. The van der Waals surface area contributed by atoms with Crippen LogP contribution in [-0.2, 0) is 19.1 Å². The number of imide groups is 1. The van der Waals surface area contributed by atoms with Gasteiger partial charge < -0.3 is 9.64 Å². The molecule has 0 spiro atoms. The van der Waals surface area contributed by atoms with Gasteiger partial charge in [-0.3, -0.25) is 24.3 Å². The number of ether oxygens (including phenoxy) is 1. The molecule has 7 heteroatoms. The largest absolute Gasteiger partial charge is 0.385 e. The number of fused-ring (bicyclic) bond motifs is 7. The van der Waals surface area contributed by atoms with Gasteiger partial charge in [-0.05, 0) is 18.1 Å². The number of hydrogen-bond acceptors (Lipinski definition) is 6. The average molecular weight is 448 g/mol. The predicted molar refractivity (Wildman–Crippen MR) is 125 cm³/mol. The number of hydrogen-bond donors (Lipinski definition) is 0. The van der Waals surface area contributed by atoms with Gasteiger partial charge in [0.25, 0.3) is 0 Å². The lowest BCUT2D eigenvalue weighted by molar-refractivity contribution is -0.142. The van der Waals surface area contributed by atoms with E-state index in [-0.39, 0.29) is 23.6 Å². The Labute approximate surface area is 193 Å². The molecule has 172 valence electrons. The van der Waals surface area contributed by atoms with Gasteiger partial charge in [0.1, 0.15) is 6.04 Å². The zero-order valence-corrected chi connectivity index (χ0v) is 19.4. The number of carbonyl (C=O) groups is 3. The van der Waals surface area contributed by atoms with Crippen molar-refractivity contribution in [3.63, 3.8) is 0 Å². The summed E-state index contributed by atoms with van der Waals surface area (Å²) in [7, 11) is 1.60. The summed E-state index contributed by atoms with van der Waals surface area (Å²) in [4.78, 5) is 49.0. The third kappa shape index (κ3) is 3.21. The van der Waals surface area contributed by atoms with Gasteiger partial charge in [0, 0.05) is 37.3 Å². The number of carbonyl (C=O) groups excluding carboxylic acids is 3. The highest BCUT2D eigenvalue weighted by Crippen LogP contribution is 2.51. The van der Waals surface area contributed by atoms with E-state index in [1.54, 1.807) is 13.3 Å². The summed E-state index contributed by atoms with van der Waals surface area (Å²) in [5.74, 6) is -1.76. The maximum absolute atomic E-state index is 13.8. The van der Waals surface area contributed by atoms with E-state index < -0.39 is 23.3 Å². The lowest BCUT2D eigenvalue weighted by atomic mass is 9.79. The molecule has 0 radical (unpaired) electrons. The second-order valence-electron chi connectivity index (χ2n) is 10.1. The first-order valence-electron chi connectivity index (χ1n) is 11.5. The first kappa shape index (κ1) is 21.8. The van der Waals surface area contributed by atoms with Gasteiger partial charge in [-0.25, -0.2) is 0 Å². The fraction of sp³-hybridized carbons (Fsp3) is 0.462. The predicted octanol–water partition coefficient (Wildman–Crippen LogP) is 3.07. The van der Waals surface area contributed by atoms with Crippen molar-refractivity contribution in [3.8, 4) is 0 Å². The Kier molecular flexibility index (Phi) is 5.12. The molecule has 0 N–H and O–H groups in total. The summed E-state index contributed by atoms with van der Waals surface area (Å²) in [5.41, 5.74) is 1.90. The molecule has 2 saturated heterocycles. The van der Waals surface area contributed by atoms with Crippen LogP contribution >= 0.6 is 0 Å². The van der Waals surface area contributed by atoms with E-state index in [1.165, 1.54) is 4.90 Å². The normalized spacial score (nSPS) is 26.1. The van der Waals surface area contributed by atoms with Crippen molar-refractivity contribution in [1.82, 2.24) is 9.88 Å². The quantitative estimate of drug-likeness (QED) is 0.518. The van der Waals surface area contributed by atoms with E-state index in [1.807, 2.05) is 62.1 Å². The number of aromatic nitrogens is 1. The van der Waals surface area contributed by atoms with Crippen LogP contribution < -0.4 is 4.90 Å². The molecule has 4 heterocycles.